The van der Waals surface area contributed by atoms with Crippen LogP contribution in [-0.4, -0.2) is 41.9 Å². The number of halogens is 1. The summed E-state index contributed by atoms with van der Waals surface area (Å²) in [7, 11) is 0. The molecule has 20 heavy (non-hydrogen) atoms. The third-order valence-electron chi connectivity index (χ3n) is 3.34. The van der Waals surface area contributed by atoms with Gasteiger partial charge >= 0.3 is 0 Å². The lowest BCUT2D eigenvalue weighted by Gasteiger charge is -2.41. The average molecular weight is 297 g/mol. The van der Waals surface area contributed by atoms with E-state index < -0.39 is 5.54 Å². The van der Waals surface area contributed by atoms with Crippen LogP contribution in [0.25, 0.3) is 0 Å². The number of rotatable bonds is 3. The van der Waals surface area contributed by atoms with Crippen molar-refractivity contribution in [3.63, 3.8) is 0 Å². The van der Waals surface area contributed by atoms with E-state index in [1.165, 1.54) is 4.90 Å². The molecule has 0 aliphatic carbocycles. The molecule has 0 spiro atoms. The Labute approximate surface area is 122 Å². The highest BCUT2D eigenvalue weighted by Crippen LogP contribution is 2.24. The predicted octanol–water partition coefficient (Wildman–Crippen LogP) is 1.46. The molecule has 1 aromatic rings. The number of ether oxygens (including phenoxy) is 1. The first-order valence-electron chi connectivity index (χ1n) is 6.39. The summed E-state index contributed by atoms with van der Waals surface area (Å²) in [6.07, 6.45) is 0. The highest BCUT2D eigenvalue weighted by Gasteiger charge is 2.40. The number of nitrogens with one attached hydrogen (secondary N) is 1. The van der Waals surface area contributed by atoms with Crippen LogP contribution in [0, 0.1) is 0 Å². The summed E-state index contributed by atoms with van der Waals surface area (Å²) >= 11 is 5.96. The number of hydrogen-bond donors (Lipinski definition) is 1. The van der Waals surface area contributed by atoms with Crippen molar-refractivity contribution in [2.45, 2.75) is 19.4 Å². The van der Waals surface area contributed by atoms with Gasteiger partial charge in [-0.2, -0.15) is 0 Å². The van der Waals surface area contributed by atoms with Crippen LogP contribution >= 0.6 is 11.6 Å². The van der Waals surface area contributed by atoms with Gasteiger partial charge in [-0.25, -0.2) is 0 Å². The van der Waals surface area contributed by atoms with Crippen molar-refractivity contribution in [2.24, 2.45) is 0 Å². The van der Waals surface area contributed by atoms with E-state index in [0.29, 0.717) is 23.9 Å². The van der Waals surface area contributed by atoms with Gasteiger partial charge in [-0.3, -0.25) is 9.59 Å². The molecule has 1 aromatic carbocycles. The van der Waals surface area contributed by atoms with E-state index in [1.54, 1.807) is 38.1 Å². The third-order valence-corrected chi connectivity index (χ3v) is 3.65. The molecular formula is C14H17ClN2O3. The minimum atomic E-state index is -0.862. The SMILES string of the molecule is CC1(C)C(=O)NCCN1C(=O)COc1ccccc1Cl. The summed E-state index contributed by atoms with van der Waals surface area (Å²) in [5.41, 5.74) is -0.862. The fourth-order valence-electron chi connectivity index (χ4n) is 2.12. The summed E-state index contributed by atoms with van der Waals surface area (Å²) in [6.45, 7) is 4.23. The van der Waals surface area contributed by atoms with Crippen LogP contribution < -0.4 is 10.1 Å². The van der Waals surface area contributed by atoms with Gasteiger partial charge in [0.25, 0.3) is 5.91 Å². The van der Waals surface area contributed by atoms with E-state index in [2.05, 4.69) is 5.32 Å². The quantitative estimate of drug-likeness (QED) is 0.918. The van der Waals surface area contributed by atoms with Gasteiger partial charge in [0.1, 0.15) is 11.3 Å². The lowest BCUT2D eigenvalue weighted by atomic mass is 9.99. The molecule has 2 amide bonds. The number of para-hydroxylation sites is 1. The third kappa shape index (κ3) is 2.88. The van der Waals surface area contributed by atoms with E-state index in [-0.39, 0.29) is 18.4 Å². The Kier molecular flexibility index (Phi) is 4.18. The Hall–Kier alpha value is -1.75. The summed E-state index contributed by atoms with van der Waals surface area (Å²) in [5, 5.41) is 3.20. The molecular weight excluding hydrogens is 280 g/mol. The van der Waals surface area contributed by atoms with E-state index in [4.69, 9.17) is 16.3 Å². The molecule has 1 aliphatic heterocycles. The molecule has 1 saturated heterocycles. The molecule has 0 radical (unpaired) electrons. The Morgan fingerprint density at radius 2 is 2.15 bits per heavy atom. The Morgan fingerprint density at radius 3 is 2.85 bits per heavy atom. The summed E-state index contributed by atoms with van der Waals surface area (Å²) in [4.78, 5) is 25.5. The molecule has 108 valence electrons. The lowest BCUT2D eigenvalue weighted by Crippen LogP contribution is -2.64. The van der Waals surface area contributed by atoms with Crippen LogP contribution in [0.1, 0.15) is 13.8 Å². The van der Waals surface area contributed by atoms with Gasteiger partial charge in [0, 0.05) is 13.1 Å². The first kappa shape index (κ1) is 14.7. The fourth-order valence-corrected chi connectivity index (χ4v) is 2.31. The molecule has 0 unspecified atom stereocenters. The second-order valence-electron chi connectivity index (χ2n) is 5.08. The maximum absolute atomic E-state index is 12.2. The average Bonchev–Trinajstić information content (AvgIpc) is 2.40. The normalized spacial score (nSPS) is 17.6. The number of piperazine rings is 1. The first-order valence-corrected chi connectivity index (χ1v) is 6.77. The van der Waals surface area contributed by atoms with E-state index >= 15 is 0 Å². The number of nitrogens with zero attached hydrogens (tertiary/aromatic N) is 1. The maximum atomic E-state index is 12.2. The summed E-state index contributed by atoms with van der Waals surface area (Å²) < 4.78 is 5.43. The molecule has 1 N–H and O–H groups in total. The molecule has 1 heterocycles. The number of hydrogen-bond acceptors (Lipinski definition) is 3. The molecule has 0 saturated carbocycles. The molecule has 1 fully saturated rings. The van der Waals surface area contributed by atoms with Crippen LogP contribution in [0.15, 0.2) is 24.3 Å². The second kappa shape index (κ2) is 5.71. The number of carbonyl (C=O) groups is 2. The standard InChI is InChI=1S/C14H17ClN2O3/c1-14(2)13(19)16-7-8-17(14)12(18)9-20-11-6-4-3-5-10(11)15/h3-6H,7-9H2,1-2H3,(H,16,19). The largest absolute Gasteiger partial charge is 0.482 e. The smallest absolute Gasteiger partial charge is 0.261 e. The van der Waals surface area contributed by atoms with Gasteiger partial charge in [-0.15, -0.1) is 0 Å². The van der Waals surface area contributed by atoms with Crippen molar-refractivity contribution in [2.75, 3.05) is 19.7 Å². The zero-order valence-electron chi connectivity index (χ0n) is 11.5. The van der Waals surface area contributed by atoms with E-state index in [9.17, 15) is 9.59 Å². The maximum Gasteiger partial charge on any atom is 0.261 e. The second-order valence-corrected chi connectivity index (χ2v) is 5.49. The van der Waals surface area contributed by atoms with Gasteiger partial charge in [-0.05, 0) is 26.0 Å². The molecule has 0 bridgehead atoms. The van der Waals surface area contributed by atoms with Crippen molar-refractivity contribution in [3.05, 3.63) is 29.3 Å². The van der Waals surface area contributed by atoms with Crippen molar-refractivity contribution < 1.29 is 14.3 Å². The molecule has 2 rings (SSSR count). The monoisotopic (exact) mass is 296 g/mol. The number of amides is 2. The molecule has 0 aromatic heterocycles. The molecule has 0 atom stereocenters. The van der Waals surface area contributed by atoms with Gasteiger partial charge in [0.2, 0.25) is 5.91 Å². The van der Waals surface area contributed by atoms with Crippen molar-refractivity contribution in [1.82, 2.24) is 10.2 Å². The van der Waals surface area contributed by atoms with Gasteiger partial charge < -0.3 is 15.0 Å². The highest BCUT2D eigenvalue weighted by molar-refractivity contribution is 6.32. The summed E-state index contributed by atoms with van der Waals surface area (Å²) in [6, 6.07) is 6.96. The minimum Gasteiger partial charge on any atom is -0.482 e. The Morgan fingerprint density at radius 1 is 1.45 bits per heavy atom. The van der Waals surface area contributed by atoms with Crippen molar-refractivity contribution in [3.8, 4) is 5.75 Å². The minimum absolute atomic E-state index is 0.138. The van der Waals surface area contributed by atoms with Gasteiger partial charge in [0.05, 0.1) is 5.02 Å². The molecule has 1 aliphatic rings. The fraction of sp³-hybridized carbons (Fsp3) is 0.429. The number of benzene rings is 1. The number of carbonyl (C=O) groups excluding carboxylic acids is 2. The molecule has 6 heteroatoms. The van der Waals surface area contributed by atoms with Crippen molar-refractivity contribution in [1.29, 1.82) is 0 Å². The van der Waals surface area contributed by atoms with Gasteiger partial charge in [0.15, 0.2) is 6.61 Å². The zero-order valence-corrected chi connectivity index (χ0v) is 12.2. The molecule has 5 nitrogen and oxygen atoms in total. The van der Waals surface area contributed by atoms with Crippen molar-refractivity contribution >= 4 is 23.4 Å². The van der Waals surface area contributed by atoms with Crippen LogP contribution in [-0.2, 0) is 9.59 Å². The van der Waals surface area contributed by atoms with Gasteiger partial charge in [-0.1, -0.05) is 23.7 Å². The van der Waals surface area contributed by atoms with Crippen LogP contribution in [0.5, 0.6) is 5.75 Å². The highest BCUT2D eigenvalue weighted by atomic mass is 35.5. The van der Waals surface area contributed by atoms with E-state index in [1.807, 2.05) is 0 Å². The zero-order chi connectivity index (χ0) is 14.8. The Bertz CT molecular complexity index is 531. The topological polar surface area (TPSA) is 58.6 Å². The van der Waals surface area contributed by atoms with Crippen LogP contribution in [0.2, 0.25) is 5.02 Å². The summed E-state index contributed by atoms with van der Waals surface area (Å²) in [5.74, 6) is 0.0707. The van der Waals surface area contributed by atoms with Crippen LogP contribution in [0.3, 0.4) is 0 Å². The predicted molar refractivity (Wildman–Crippen MR) is 75.7 cm³/mol. The Balaban J connectivity index is 2.02. The lowest BCUT2D eigenvalue weighted by molar-refractivity contribution is -0.150. The van der Waals surface area contributed by atoms with Crippen LogP contribution in [0.4, 0.5) is 0 Å². The van der Waals surface area contributed by atoms with E-state index in [0.717, 1.165) is 0 Å². The first-order chi connectivity index (χ1) is 9.43.